The maximum Gasteiger partial charge on any atom is 0.276 e. The van der Waals surface area contributed by atoms with Gasteiger partial charge in [0.15, 0.2) is 11.5 Å². The maximum atomic E-state index is 13.5. The molecule has 32 heavy (non-hydrogen) atoms. The molecule has 0 radical (unpaired) electrons. The van der Waals surface area contributed by atoms with Crippen molar-refractivity contribution in [3.8, 4) is 11.3 Å². The van der Waals surface area contributed by atoms with Crippen LogP contribution in [0, 0.1) is 6.92 Å². The number of hydrogen-bond donors (Lipinski definition) is 1. The summed E-state index contributed by atoms with van der Waals surface area (Å²) in [5.41, 5.74) is 4.62. The second kappa shape index (κ2) is 8.58. The van der Waals surface area contributed by atoms with Gasteiger partial charge in [-0.3, -0.25) is 9.89 Å². The summed E-state index contributed by atoms with van der Waals surface area (Å²) in [5.74, 6) is 0.818. The summed E-state index contributed by atoms with van der Waals surface area (Å²) in [7, 11) is 1.57. The highest BCUT2D eigenvalue weighted by molar-refractivity contribution is 5.86. The van der Waals surface area contributed by atoms with E-state index in [2.05, 4.69) is 20.1 Å². The lowest BCUT2D eigenvalue weighted by Crippen LogP contribution is -2.30. The number of fused-ring (bicyclic) bond motifs is 1. The highest BCUT2D eigenvalue weighted by Crippen LogP contribution is 2.34. The number of aromatic amines is 1. The van der Waals surface area contributed by atoms with Crippen molar-refractivity contribution < 1.29 is 9.26 Å². The average molecular weight is 435 g/mol. The van der Waals surface area contributed by atoms with E-state index in [0.717, 1.165) is 42.9 Å². The van der Waals surface area contributed by atoms with E-state index in [-0.39, 0.29) is 18.6 Å². The molecule has 9 heteroatoms. The predicted molar refractivity (Wildman–Crippen MR) is 120 cm³/mol. The summed E-state index contributed by atoms with van der Waals surface area (Å²) in [6.45, 7) is 4.02. The van der Waals surface area contributed by atoms with Crippen LogP contribution in [-0.4, -0.2) is 44.9 Å². The number of aromatic nitrogens is 5. The van der Waals surface area contributed by atoms with Crippen LogP contribution in [0.5, 0.6) is 0 Å². The smallest absolute Gasteiger partial charge is 0.276 e. The SMILES string of the molecule is COCc1noc(Cc2c(C)nc3c(N4CCCCC4)c(-c4ccccc4)[nH]n3c2=O)n1. The highest BCUT2D eigenvalue weighted by Gasteiger charge is 2.25. The monoisotopic (exact) mass is 434 g/mol. The average Bonchev–Trinajstić information content (AvgIpc) is 3.42. The van der Waals surface area contributed by atoms with Crippen LogP contribution in [0.25, 0.3) is 16.9 Å². The minimum absolute atomic E-state index is 0.153. The number of ether oxygens (including phenoxy) is 1. The molecule has 1 fully saturated rings. The van der Waals surface area contributed by atoms with Gasteiger partial charge in [0.1, 0.15) is 12.3 Å². The van der Waals surface area contributed by atoms with Gasteiger partial charge in [0.2, 0.25) is 5.89 Å². The van der Waals surface area contributed by atoms with Crippen molar-refractivity contribution in [1.82, 2.24) is 24.7 Å². The molecule has 4 aromatic rings. The third-order valence-electron chi connectivity index (χ3n) is 5.90. The topological polar surface area (TPSA) is 102 Å². The molecule has 1 aromatic carbocycles. The zero-order chi connectivity index (χ0) is 22.1. The quantitative estimate of drug-likeness (QED) is 0.497. The molecule has 1 saturated heterocycles. The molecule has 1 aliphatic rings. The minimum Gasteiger partial charge on any atom is -0.377 e. The zero-order valence-corrected chi connectivity index (χ0v) is 18.3. The second-order valence-electron chi connectivity index (χ2n) is 8.10. The normalized spacial score (nSPS) is 14.4. The number of benzene rings is 1. The lowest BCUT2D eigenvalue weighted by atomic mass is 10.1. The molecule has 0 atom stereocenters. The number of nitrogens with zero attached hydrogens (tertiary/aromatic N) is 5. The molecule has 0 unspecified atom stereocenters. The number of piperidine rings is 1. The Labute approximate surface area is 185 Å². The molecule has 0 spiro atoms. The van der Waals surface area contributed by atoms with E-state index in [1.165, 1.54) is 6.42 Å². The fraction of sp³-hybridized carbons (Fsp3) is 0.391. The molecular weight excluding hydrogens is 408 g/mol. The predicted octanol–water partition coefficient (Wildman–Crippen LogP) is 3.11. The summed E-state index contributed by atoms with van der Waals surface area (Å²) < 4.78 is 11.9. The minimum atomic E-state index is -0.153. The Morgan fingerprint density at radius 1 is 1.12 bits per heavy atom. The molecule has 0 bridgehead atoms. The number of aryl methyl sites for hydroxylation is 1. The van der Waals surface area contributed by atoms with Crippen LogP contribution in [0.15, 0.2) is 39.6 Å². The van der Waals surface area contributed by atoms with Gasteiger partial charge in [-0.15, -0.1) is 0 Å². The molecule has 4 heterocycles. The van der Waals surface area contributed by atoms with Crippen LogP contribution >= 0.6 is 0 Å². The van der Waals surface area contributed by atoms with Gasteiger partial charge in [0.05, 0.1) is 12.1 Å². The summed E-state index contributed by atoms with van der Waals surface area (Å²) in [6, 6.07) is 10.1. The van der Waals surface area contributed by atoms with Crippen molar-refractivity contribution in [2.45, 2.75) is 39.2 Å². The first-order valence-corrected chi connectivity index (χ1v) is 10.9. The van der Waals surface area contributed by atoms with Crippen molar-refractivity contribution in [2.24, 2.45) is 0 Å². The van der Waals surface area contributed by atoms with Crippen molar-refractivity contribution >= 4 is 11.3 Å². The maximum absolute atomic E-state index is 13.5. The van der Waals surface area contributed by atoms with E-state index in [1.54, 1.807) is 11.6 Å². The van der Waals surface area contributed by atoms with E-state index in [4.69, 9.17) is 14.2 Å². The first kappa shape index (κ1) is 20.4. The standard InChI is InChI=1S/C23H26N6O3/c1-15-17(13-19-25-18(14-31-2)27-32-19)23(30)29-22(24-15)21(28-11-7-4-8-12-28)20(26-29)16-9-5-3-6-10-16/h3,5-6,9-10,26H,4,7-8,11-14H2,1-2H3. The largest absolute Gasteiger partial charge is 0.377 e. The molecule has 0 saturated carbocycles. The Morgan fingerprint density at radius 2 is 1.91 bits per heavy atom. The zero-order valence-electron chi connectivity index (χ0n) is 18.3. The van der Waals surface area contributed by atoms with Gasteiger partial charge in [-0.25, -0.2) is 4.98 Å². The van der Waals surface area contributed by atoms with Gasteiger partial charge in [0.25, 0.3) is 5.56 Å². The molecule has 9 nitrogen and oxygen atoms in total. The molecule has 3 aromatic heterocycles. The Bertz CT molecular complexity index is 1280. The number of rotatable bonds is 6. The Hall–Kier alpha value is -3.46. The number of nitrogens with one attached hydrogen (secondary N) is 1. The number of anilines is 1. The van der Waals surface area contributed by atoms with E-state index in [1.807, 2.05) is 37.3 Å². The van der Waals surface area contributed by atoms with E-state index in [9.17, 15) is 4.79 Å². The van der Waals surface area contributed by atoms with Crippen molar-refractivity contribution in [1.29, 1.82) is 0 Å². The third-order valence-corrected chi connectivity index (χ3v) is 5.90. The number of methoxy groups -OCH3 is 1. The van der Waals surface area contributed by atoms with Gasteiger partial charge < -0.3 is 14.2 Å². The van der Waals surface area contributed by atoms with Crippen LogP contribution in [-0.2, 0) is 17.8 Å². The van der Waals surface area contributed by atoms with Crippen molar-refractivity contribution in [3.63, 3.8) is 0 Å². The molecular formula is C23H26N6O3. The molecule has 5 rings (SSSR count). The first-order chi connectivity index (χ1) is 15.7. The first-order valence-electron chi connectivity index (χ1n) is 10.9. The van der Waals surface area contributed by atoms with Gasteiger partial charge in [-0.1, -0.05) is 35.5 Å². The highest BCUT2D eigenvalue weighted by atomic mass is 16.5. The molecule has 1 aliphatic heterocycles. The second-order valence-corrected chi connectivity index (χ2v) is 8.10. The summed E-state index contributed by atoms with van der Waals surface area (Å²) >= 11 is 0. The van der Waals surface area contributed by atoms with Crippen LogP contribution in [0.3, 0.4) is 0 Å². The summed E-state index contributed by atoms with van der Waals surface area (Å²) in [4.78, 5) is 25.0. The number of H-pyrrole nitrogens is 1. The van der Waals surface area contributed by atoms with Crippen LogP contribution < -0.4 is 10.5 Å². The van der Waals surface area contributed by atoms with Gasteiger partial charge in [-0.2, -0.15) is 9.50 Å². The van der Waals surface area contributed by atoms with Crippen molar-refractivity contribution in [2.75, 3.05) is 25.1 Å². The Balaban J connectivity index is 1.64. The third kappa shape index (κ3) is 3.69. The fourth-order valence-corrected chi connectivity index (χ4v) is 4.33. The molecule has 0 aliphatic carbocycles. The lowest BCUT2D eigenvalue weighted by Gasteiger charge is -2.28. The van der Waals surface area contributed by atoms with Gasteiger partial charge >= 0.3 is 0 Å². The molecule has 166 valence electrons. The van der Waals surface area contributed by atoms with Gasteiger partial charge in [-0.05, 0) is 26.2 Å². The molecule has 0 amide bonds. The van der Waals surface area contributed by atoms with E-state index < -0.39 is 0 Å². The lowest BCUT2D eigenvalue weighted by molar-refractivity contribution is 0.174. The molecule has 1 N–H and O–H groups in total. The van der Waals surface area contributed by atoms with Crippen LogP contribution in [0.1, 0.15) is 42.2 Å². The fourth-order valence-electron chi connectivity index (χ4n) is 4.33. The summed E-state index contributed by atoms with van der Waals surface area (Å²) in [5, 5.41) is 7.23. The summed E-state index contributed by atoms with van der Waals surface area (Å²) in [6.07, 6.45) is 3.71. The van der Waals surface area contributed by atoms with Crippen LogP contribution in [0.4, 0.5) is 5.69 Å². The van der Waals surface area contributed by atoms with Gasteiger partial charge in [0, 0.05) is 37.0 Å². The van der Waals surface area contributed by atoms with E-state index in [0.29, 0.717) is 28.6 Å². The number of hydrogen-bond acceptors (Lipinski definition) is 7. The Morgan fingerprint density at radius 3 is 2.66 bits per heavy atom. The van der Waals surface area contributed by atoms with Crippen molar-refractivity contribution in [3.05, 3.63) is 63.7 Å². The Kier molecular flexibility index (Phi) is 5.48. The van der Waals surface area contributed by atoms with Crippen LogP contribution in [0.2, 0.25) is 0 Å². The van der Waals surface area contributed by atoms with E-state index >= 15 is 0 Å².